The SMILES string of the molecule is COC(=O)c1cccc(Cn2c(=O)n(-c3ccc(N4CCC(F)(F)CC4)nc3)c3cc(Cl)ccc32)c1. The Balaban J connectivity index is 1.52. The van der Waals surface area contributed by atoms with Gasteiger partial charge in [0.1, 0.15) is 5.82 Å². The van der Waals surface area contributed by atoms with Gasteiger partial charge < -0.3 is 9.64 Å². The Kier molecular flexibility index (Phi) is 6.26. The molecular formula is C26H23ClF2N4O3. The van der Waals surface area contributed by atoms with E-state index in [9.17, 15) is 18.4 Å². The fourth-order valence-corrected chi connectivity index (χ4v) is 4.66. The molecule has 1 fully saturated rings. The monoisotopic (exact) mass is 512 g/mol. The van der Waals surface area contributed by atoms with Crippen molar-refractivity contribution in [2.45, 2.75) is 25.3 Å². The predicted octanol–water partition coefficient (Wildman–Crippen LogP) is 4.91. The van der Waals surface area contributed by atoms with Crippen molar-refractivity contribution in [1.82, 2.24) is 14.1 Å². The first-order valence-electron chi connectivity index (χ1n) is 11.4. The molecule has 186 valence electrons. The summed E-state index contributed by atoms with van der Waals surface area (Å²) in [6, 6.07) is 15.6. The molecule has 0 aliphatic carbocycles. The zero-order chi connectivity index (χ0) is 25.4. The van der Waals surface area contributed by atoms with Crippen LogP contribution in [0.1, 0.15) is 28.8 Å². The minimum atomic E-state index is -2.64. The van der Waals surface area contributed by atoms with E-state index in [1.807, 2.05) is 11.0 Å². The van der Waals surface area contributed by atoms with Crippen LogP contribution in [0.15, 0.2) is 65.6 Å². The van der Waals surface area contributed by atoms with E-state index in [2.05, 4.69) is 4.98 Å². The number of esters is 1. The topological polar surface area (TPSA) is 69.4 Å². The minimum absolute atomic E-state index is 0.209. The Morgan fingerprint density at radius 1 is 1.08 bits per heavy atom. The number of pyridine rings is 1. The Morgan fingerprint density at radius 2 is 1.86 bits per heavy atom. The Morgan fingerprint density at radius 3 is 2.56 bits per heavy atom. The number of nitrogens with zero attached hydrogens (tertiary/aromatic N) is 4. The second-order valence-electron chi connectivity index (χ2n) is 8.75. The van der Waals surface area contributed by atoms with E-state index in [-0.39, 0.29) is 38.2 Å². The van der Waals surface area contributed by atoms with Crippen molar-refractivity contribution >= 4 is 34.4 Å². The van der Waals surface area contributed by atoms with Gasteiger partial charge in [-0.2, -0.15) is 0 Å². The van der Waals surface area contributed by atoms with Gasteiger partial charge in [-0.15, -0.1) is 0 Å². The van der Waals surface area contributed by atoms with E-state index in [0.29, 0.717) is 33.1 Å². The second kappa shape index (κ2) is 9.39. The molecule has 3 heterocycles. The van der Waals surface area contributed by atoms with Crippen molar-refractivity contribution in [1.29, 1.82) is 0 Å². The van der Waals surface area contributed by atoms with Gasteiger partial charge in [0.05, 0.1) is 42.1 Å². The molecule has 10 heteroatoms. The number of halogens is 3. The molecule has 1 aliphatic heterocycles. The lowest BCUT2D eigenvalue weighted by molar-refractivity contribution is -0.0221. The van der Waals surface area contributed by atoms with Crippen LogP contribution in [0.4, 0.5) is 14.6 Å². The highest BCUT2D eigenvalue weighted by atomic mass is 35.5. The second-order valence-corrected chi connectivity index (χ2v) is 9.18. The maximum absolute atomic E-state index is 13.6. The molecule has 5 rings (SSSR count). The van der Waals surface area contributed by atoms with Crippen molar-refractivity contribution in [3.63, 3.8) is 0 Å². The highest BCUT2D eigenvalue weighted by Gasteiger charge is 2.34. The van der Waals surface area contributed by atoms with Gasteiger partial charge in [0, 0.05) is 31.0 Å². The lowest BCUT2D eigenvalue weighted by atomic mass is 10.1. The molecule has 36 heavy (non-hydrogen) atoms. The summed E-state index contributed by atoms with van der Waals surface area (Å²) in [5.74, 6) is -2.51. The van der Waals surface area contributed by atoms with Gasteiger partial charge in [-0.1, -0.05) is 23.7 Å². The molecule has 0 atom stereocenters. The number of hydrogen-bond donors (Lipinski definition) is 0. The van der Waals surface area contributed by atoms with Crippen LogP contribution in [0.3, 0.4) is 0 Å². The van der Waals surface area contributed by atoms with Crippen LogP contribution in [0.25, 0.3) is 16.7 Å². The fraction of sp³-hybridized carbons (Fsp3) is 0.269. The number of piperidine rings is 1. The number of fused-ring (bicyclic) bond motifs is 1. The third-order valence-electron chi connectivity index (χ3n) is 6.39. The van der Waals surface area contributed by atoms with Gasteiger partial charge >= 0.3 is 11.7 Å². The standard InChI is InChI=1S/C26H23ClF2N4O3/c1-36-24(34)18-4-2-3-17(13-18)16-32-21-7-5-19(27)14-22(21)33(25(32)35)20-6-8-23(30-15-20)31-11-9-26(28,29)10-12-31/h2-8,13-15H,9-12,16H2,1H3. The lowest BCUT2D eigenvalue weighted by Crippen LogP contribution is -2.39. The minimum Gasteiger partial charge on any atom is -0.465 e. The summed E-state index contributed by atoms with van der Waals surface area (Å²) >= 11 is 6.26. The largest absolute Gasteiger partial charge is 0.465 e. The molecule has 1 aliphatic rings. The van der Waals surface area contributed by atoms with Gasteiger partial charge in [-0.05, 0) is 48.0 Å². The third kappa shape index (κ3) is 4.58. The Labute approximate surface area is 210 Å². The number of ether oxygens (including phenoxy) is 1. The van der Waals surface area contributed by atoms with Gasteiger partial charge in [0.2, 0.25) is 0 Å². The van der Waals surface area contributed by atoms with Crippen molar-refractivity contribution in [3.05, 3.63) is 87.4 Å². The number of hydrogen-bond acceptors (Lipinski definition) is 5. The maximum atomic E-state index is 13.6. The van der Waals surface area contributed by atoms with Crippen molar-refractivity contribution in [3.8, 4) is 5.69 Å². The normalized spacial score (nSPS) is 15.3. The molecule has 0 amide bonds. The number of imidazole rings is 1. The number of methoxy groups -OCH3 is 1. The molecule has 0 spiro atoms. The summed E-state index contributed by atoms with van der Waals surface area (Å²) < 4.78 is 35.0. The van der Waals surface area contributed by atoms with Crippen LogP contribution in [0, 0.1) is 0 Å². The molecule has 2 aromatic heterocycles. The van der Waals surface area contributed by atoms with Crippen molar-refractivity contribution in [2.24, 2.45) is 0 Å². The van der Waals surface area contributed by atoms with E-state index >= 15 is 0 Å². The summed E-state index contributed by atoms with van der Waals surface area (Å²) in [6.45, 7) is 0.667. The van der Waals surface area contributed by atoms with E-state index in [4.69, 9.17) is 16.3 Å². The number of benzene rings is 2. The lowest BCUT2D eigenvalue weighted by Gasteiger charge is -2.32. The van der Waals surface area contributed by atoms with Crippen molar-refractivity contribution in [2.75, 3.05) is 25.1 Å². The molecule has 0 unspecified atom stereocenters. The van der Waals surface area contributed by atoms with Crippen LogP contribution < -0.4 is 10.6 Å². The molecule has 0 N–H and O–H groups in total. The molecule has 0 bridgehead atoms. The van der Waals surface area contributed by atoms with E-state index in [0.717, 1.165) is 5.56 Å². The summed E-state index contributed by atoms with van der Waals surface area (Å²) in [5.41, 5.74) is 2.64. The van der Waals surface area contributed by atoms with Crippen LogP contribution >= 0.6 is 11.6 Å². The number of carbonyl (C=O) groups excluding carboxylic acids is 1. The average molecular weight is 513 g/mol. The van der Waals surface area contributed by atoms with Crippen LogP contribution in [-0.4, -0.2) is 46.2 Å². The smallest absolute Gasteiger partial charge is 0.337 e. The van der Waals surface area contributed by atoms with E-state index < -0.39 is 11.9 Å². The van der Waals surface area contributed by atoms with Crippen LogP contribution in [0.5, 0.6) is 0 Å². The molecule has 4 aromatic rings. The number of carbonyl (C=O) groups is 1. The van der Waals surface area contributed by atoms with Gasteiger partial charge in [-0.3, -0.25) is 9.13 Å². The van der Waals surface area contributed by atoms with E-state index in [1.54, 1.807) is 59.3 Å². The number of rotatable bonds is 5. The van der Waals surface area contributed by atoms with Gasteiger partial charge in [-0.25, -0.2) is 23.4 Å². The number of anilines is 1. The summed E-state index contributed by atoms with van der Waals surface area (Å²) in [5, 5.41) is 0.472. The third-order valence-corrected chi connectivity index (χ3v) is 6.62. The maximum Gasteiger partial charge on any atom is 0.337 e. The van der Waals surface area contributed by atoms with Gasteiger partial charge in [0.15, 0.2) is 0 Å². The van der Waals surface area contributed by atoms with Crippen LogP contribution in [-0.2, 0) is 11.3 Å². The molecule has 1 saturated heterocycles. The fourth-order valence-electron chi connectivity index (χ4n) is 4.49. The highest BCUT2D eigenvalue weighted by Crippen LogP contribution is 2.30. The quantitative estimate of drug-likeness (QED) is 0.355. The van der Waals surface area contributed by atoms with E-state index in [1.165, 1.54) is 11.7 Å². The average Bonchev–Trinajstić information content (AvgIpc) is 3.14. The number of alkyl halides is 2. The zero-order valence-corrected chi connectivity index (χ0v) is 20.2. The van der Waals surface area contributed by atoms with Crippen molar-refractivity contribution < 1.29 is 18.3 Å². The molecular weight excluding hydrogens is 490 g/mol. The van der Waals surface area contributed by atoms with Gasteiger partial charge in [0.25, 0.3) is 5.92 Å². The first kappa shape index (κ1) is 24.0. The number of aromatic nitrogens is 3. The first-order chi connectivity index (χ1) is 17.3. The Hall–Kier alpha value is -3.72. The Bertz CT molecular complexity index is 1490. The molecule has 2 aromatic carbocycles. The molecule has 7 nitrogen and oxygen atoms in total. The molecule has 0 radical (unpaired) electrons. The zero-order valence-electron chi connectivity index (χ0n) is 19.5. The summed E-state index contributed by atoms with van der Waals surface area (Å²) in [4.78, 5) is 31.8. The predicted molar refractivity (Wildman–Crippen MR) is 134 cm³/mol. The highest BCUT2D eigenvalue weighted by molar-refractivity contribution is 6.31. The summed E-state index contributed by atoms with van der Waals surface area (Å²) in [6.07, 6.45) is 1.14. The molecule has 0 saturated carbocycles. The van der Waals surface area contributed by atoms with Crippen LogP contribution in [0.2, 0.25) is 5.02 Å². The first-order valence-corrected chi connectivity index (χ1v) is 11.8. The summed E-state index contributed by atoms with van der Waals surface area (Å²) in [7, 11) is 1.32.